The van der Waals surface area contributed by atoms with Gasteiger partial charge in [0.1, 0.15) is 11.5 Å². The van der Waals surface area contributed by atoms with Crippen molar-refractivity contribution in [1.82, 2.24) is 4.57 Å². The van der Waals surface area contributed by atoms with Gasteiger partial charge in [-0.05, 0) is 41.8 Å². The Kier molecular flexibility index (Phi) is 5.50. The minimum absolute atomic E-state index is 0.106. The summed E-state index contributed by atoms with van der Waals surface area (Å²) in [6.07, 6.45) is 0. The van der Waals surface area contributed by atoms with Crippen molar-refractivity contribution in [3.05, 3.63) is 103 Å². The highest BCUT2D eigenvalue weighted by Gasteiger charge is 2.41. The van der Waals surface area contributed by atoms with Crippen molar-refractivity contribution in [2.24, 2.45) is 7.05 Å². The van der Waals surface area contributed by atoms with Crippen LogP contribution in [0.15, 0.2) is 81.4 Å². The van der Waals surface area contributed by atoms with Gasteiger partial charge in [0, 0.05) is 35.9 Å². The first-order valence-corrected chi connectivity index (χ1v) is 13.3. The molecule has 180 valence electrons. The van der Waals surface area contributed by atoms with Crippen LogP contribution in [0.1, 0.15) is 20.8 Å². The minimum Gasteiger partial charge on any atom is -0.507 e. The predicted molar refractivity (Wildman–Crippen MR) is 147 cm³/mol. The molecule has 0 radical (unpaired) electrons. The van der Waals surface area contributed by atoms with Crippen LogP contribution in [0.4, 0.5) is 5.69 Å². The summed E-state index contributed by atoms with van der Waals surface area (Å²) in [7, 11) is 3.30. The van der Waals surface area contributed by atoms with Crippen LogP contribution in [-0.2, 0) is 7.05 Å². The van der Waals surface area contributed by atoms with Gasteiger partial charge in [-0.2, -0.15) is 0 Å². The van der Waals surface area contributed by atoms with E-state index in [9.17, 15) is 14.7 Å². The molecule has 0 atom stereocenters. The number of hydrogen-bond acceptors (Lipinski definition) is 7. The first kappa shape index (κ1) is 22.7. The minimum atomic E-state index is -0.258. The molecule has 0 unspecified atom stereocenters. The molecule has 36 heavy (non-hydrogen) atoms. The number of carbonyl (C=O) groups excluding carboxylic acids is 1. The second-order valence-electron chi connectivity index (χ2n) is 8.54. The Morgan fingerprint density at radius 3 is 2.56 bits per heavy atom. The molecule has 8 heteroatoms. The summed E-state index contributed by atoms with van der Waals surface area (Å²) in [6.45, 7) is 0.669. The van der Waals surface area contributed by atoms with Crippen LogP contribution in [0.25, 0.3) is 22.2 Å². The quantitative estimate of drug-likeness (QED) is 0.278. The molecule has 2 aliphatic rings. The molecule has 0 spiro atoms. The van der Waals surface area contributed by atoms with Gasteiger partial charge < -0.3 is 19.3 Å². The first-order chi connectivity index (χ1) is 17.5. The van der Waals surface area contributed by atoms with E-state index in [1.807, 2.05) is 35.7 Å². The topological polar surface area (TPSA) is 71.8 Å². The Morgan fingerprint density at radius 2 is 1.83 bits per heavy atom. The number of rotatable bonds is 4. The fourth-order valence-electron chi connectivity index (χ4n) is 4.92. The maximum Gasteiger partial charge on any atom is 0.260 e. The number of aliphatic hydroxyl groups excluding tert-OH is 1. The third kappa shape index (κ3) is 3.32. The van der Waals surface area contributed by atoms with Gasteiger partial charge in [0.05, 0.1) is 39.4 Å². The normalized spacial score (nSPS) is 16.2. The van der Waals surface area contributed by atoms with Gasteiger partial charge in [0.2, 0.25) is 5.78 Å². The maximum absolute atomic E-state index is 14.0. The number of methoxy groups -OCH3 is 1. The van der Waals surface area contributed by atoms with Crippen molar-refractivity contribution in [3.8, 4) is 5.75 Å². The van der Waals surface area contributed by atoms with Crippen LogP contribution in [-0.4, -0.2) is 34.9 Å². The smallest absolute Gasteiger partial charge is 0.260 e. The number of carbonyl (C=O) groups is 1. The van der Waals surface area contributed by atoms with Gasteiger partial charge in [-0.3, -0.25) is 9.59 Å². The van der Waals surface area contributed by atoms with E-state index in [1.165, 1.54) is 11.3 Å². The molecule has 0 saturated carbocycles. The van der Waals surface area contributed by atoms with E-state index in [-0.39, 0.29) is 22.7 Å². The van der Waals surface area contributed by atoms with E-state index in [0.29, 0.717) is 33.9 Å². The maximum atomic E-state index is 14.0. The summed E-state index contributed by atoms with van der Waals surface area (Å²) in [5.41, 5.74) is 2.77. The lowest BCUT2D eigenvalue weighted by atomic mass is 9.87. The second kappa shape index (κ2) is 8.72. The van der Waals surface area contributed by atoms with Crippen LogP contribution >= 0.6 is 23.1 Å². The molecule has 6 nitrogen and oxygen atoms in total. The van der Waals surface area contributed by atoms with Crippen LogP contribution in [0.5, 0.6) is 5.75 Å². The Labute approximate surface area is 215 Å². The standard InChI is InChI=1S/C28H22N2O4S2/c1-29-19-7-4-3-6-18(19)24-22(27(29)33)21(25(31)16-9-11-17(34-2)12-10-16)23(28-30(24)13-15-36-28)26(32)20-8-5-14-35-20/h3-12,14,31H,13,15H2,1-2H3. The van der Waals surface area contributed by atoms with Crippen LogP contribution in [0.2, 0.25) is 0 Å². The molecule has 1 fully saturated rings. The zero-order valence-corrected chi connectivity index (χ0v) is 21.3. The molecule has 4 aromatic rings. The zero-order valence-electron chi connectivity index (χ0n) is 19.6. The summed E-state index contributed by atoms with van der Waals surface area (Å²) < 4.78 is 6.87. The van der Waals surface area contributed by atoms with Crippen LogP contribution in [0.3, 0.4) is 0 Å². The lowest BCUT2D eigenvalue weighted by Gasteiger charge is -2.33. The van der Waals surface area contributed by atoms with Crippen LogP contribution < -0.4 is 15.2 Å². The van der Waals surface area contributed by atoms with E-state index in [4.69, 9.17) is 4.74 Å². The van der Waals surface area contributed by atoms with Crippen molar-refractivity contribution < 1.29 is 14.6 Å². The molecule has 6 rings (SSSR count). The third-order valence-corrected chi connectivity index (χ3v) is 8.58. The molecular formula is C28H22N2O4S2. The summed E-state index contributed by atoms with van der Waals surface area (Å²) in [5.74, 6) is 1.12. The van der Waals surface area contributed by atoms with Gasteiger partial charge in [0.15, 0.2) is 0 Å². The predicted octanol–water partition coefficient (Wildman–Crippen LogP) is 5.70. The van der Waals surface area contributed by atoms with Gasteiger partial charge in [-0.1, -0.05) is 24.3 Å². The summed E-state index contributed by atoms with van der Waals surface area (Å²) in [4.78, 5) is 30.5. The van der Waals surface area contributed by atoms with E-state index in [2.05, 4.69) is 4.90 Å². The van der Waals surface area contributed by atoms with Gasteiger partial charge >= 0.3 is 0 Å². The first-order valence-electron chi connectivity index (χ1n) is 11.4. The van der Waals surface area contributed by atoms with Gasteiger partial charge in [-0.25, -0.2) is 0 Å². The number of thioether (sulfide) groups is 1. The largest absolute Gasteiger partial charge is 0.507 e. The average molecular weight is 515 g/mol. The highest BCUT2D eigenvalue weighted by atomic mass is 32.2. The number of anilines is 1. The molecule has 0 amide bonds. The fourth-order valence-corrected chi connectivity index (χ4v) is 6.74. The van der Waals surface area contributed by atoms with Crippen molar-refractivity contribution in [1.29, 1.82) is 0 Å². The summed E-state index contributed by atoms with van der Waals surface area (Å²) in [6, 6.07) is 18.3. The number of benzene rings is 2. The molecule has 2 aliphatic heterocycles. The molecule has 0 aliphatic carbocycles. The average Bonchev–Trinajstić information content (AvgIpc) is 3.63. The fraction of sp³-hybridized carbons (Fsp3) is 0.143. The van der Waals surface area contributed by atoms with E-state index in [0.717, 1.165) is 27.4 Å². The monoisotopic (exact) mass is 514 g/mol. The SMILES string of the molecule is COc1ccc(C(O)=C2C(C(=O)c3cccs3)=C3SCCN3c3c2c(=O)n(C)c2ccccc32)cc1. The van der Waals surface area contributed by atoms with E-state index in [1.54, 1.807) is 60.8 Å². The number of para-hydroxylation sites is 1. The van der Waals surface area contributed by atoms with Crippen molar-refractivity contribution in [2.45, 2.75) is 0 Å². The number of ether oxygens (including phenoxy) is 1. The number of thiophene rings is 1. The number of pyridine rings is 1. The van der Waals surface area contributed by atoms with Crippen molar-refractivity contribution >= 4 is 56.8 Å². The highest BCUT2D eigenvalue weighted by Crippen LogP contribution is 2.51. The van der Waals surface area contributed by atoms with E-state index >= 15 is 0 Å². The van der Waals surface area contributed by atoms with Gasteiger partial charge in [-0.15, -0.1) is 23.1 Å². The number of ketones is 1. The Bertz CT molecular complexity index is 1650. The lowest BCUT2D eigenvalue weighted by Crippen LogP contribution is -2.33. The number of allylic oxidation sites excluding steroid dienone is 2. The third-order valence-electron chi connectivity index (χ3n) is 6.63. The molecule has 2 aromatic heterocycles. The molecule has 1 N–H and O–H groups in total. The summed E-state index contributed by atoms with van der Waals surface area (Å²) >= 11 is 2.93. The number of aromatic nitrogens is 1. The van der Waals surface area contributed by atoms with Crippen molar-refractivity contribution in [2.75, 3.05) is 24.3 Å². The molecular weight excluding hydrogens is 492 g/mol. The number of fused-ring (bicyclic) bond motifs is 5. The number of hydrogen-bond donors (Lipinski definition) is 1. The van der Waals surface area contributed by atoms with Crippen LogP contribution in [0, 0.1) is 0 Å². The Hall–Kier alpha value is -3.75. The highest BCUT2D eigenvalue weighted by molar-refractivity contribution is 8.03. The molecule has 2 aromatic carbocycles. The lowest BCUT2D eigenvalue weighted by molar-refractivity contribution is 0.104. The Balaban J connectivity index is 1.75. The molecule has 4 heterocycles. The van der Waals surface area contributed by atoms with Gasteiger partial charge in [0.25, 0.3) is 5.56 Å². The second-order valence-corrected chi connectivity index (χ2v) is 10.6. The summed E-state index contributed by atoms with van der Waals surface area (Å²) in [5, 5.41) is 15.3. The number of aryl methyl sites for hydroxylation is 1. The van der Waals surface area contributed by atoms with Crippen molar-refractivity contribution in [3.63, 3.8) is 0 Å². The number of Topliss-reactive ketones (excluding diaryl/α,β-unsaturated/α-hetero) is 1. The molecule has 1 saturated heterocycles. The zero-order chi connectivity index (χ0) is 25.0. The molecule has 0 bridgehead atoms. The number of aliphatic hydroxyl groups is 1. The Morgan fingerprint density at radius 1 is 1.06 bits per heavy atom. The van der Waals surface area contributed by atoms with E-state index < -0.39 is 0 Å². The number of nitrogens with zero attached hydrogens (tertiary/aromatic N) is 2.